The Hall–Kier alpha value is -3.16. The largest absolute Gasteiger partial charge is 0.383 e. The highest BCUT2D eigenvalue weighted by atomic mass is 35.5. The summed E-state index contributed by atoms with van der Waals surface area (Å²) in [4.78, 5) is 4.47. The summed E-state index contributed by atoms with van der Waals surface area (Å²) < 4.78 is 5.58. The molecule has 0 spiro atoms. The summed E-state index contributed by atoms with van der Waals surface area (Å²) in [7, 11) is 7.15. The lowest BCUT2D eigenvalue weighted by atomic mass is 9.69. The maximum Gasteiger partial charge on any atom is 0.119 e. The number of hydrogen-bond donors (Lipinski definition) is 4. The first-order valence-corrected chi connectivity index (χ1v) is 13.5. The number of halogens is 2. The number of benzene rings is 2. The molecule has 0 aliphatic carbocycles. The van der Waals surface area contributed by atoms with Crippen LogP contribution in [0.15, 0.2) is 54.5 Å². The average Bonchev–Trinajstić information content (AvgIpc) is 3.34. The fourth-order valence-corrected chi connectivity index (χ4v) is 5.10. The number of hydrogen-bond acceptors (Lipinski definition) is 8. The smallest absolute Gasteiger partial charge is 0.119 e. The van der Waals surface area contributed by atoms with E-state index in [2.05, 4.69) is 53.4 Å². The SMILES string of the molecule is [B]C(Nc1cc(Cl)c2ncc(C#N)c(NCC(C)(C)C)c2c1)(C1=CN(CC2CCO2)NN1)c1ccccc1Cl. The number of rotatable bonds is 8. The molecule has 5 rings (SSSR count). The van der Waals surface area contributed by atoms with Crippen LogP contribution in [0.1, 0.15) is 38.3 Å². The van der Waals surface area contributed by atoms with E-state index in [4.69, 9.17) is 35.8 Å². The first kappa shape index (κ1) is 27.4. The van der Waals surface area contributed by atoms with Gasteiger partial charge in [-0.1, -0.05) is 62.2 Å². The van der Waals surface area contributed by atoms with E-state index in [0.717, 1.165) is 13.0 Å². The highest BCUT2D eigenvalue weighted by Gasteiger charge is 2.36. The minimum absolute atomic E-state index is 0.0115. The number of nitrogens with zero attached hydrogens (tertiary/aromatic N) is 3. The Morgan fingerprint density at radius 1 is 1.23 bits per heavy atom. The first-order valence-electron chi connectivity index (χ1n) is 12.8. The summed E-state index contributed by atoms with van der Waals surface area (Å²) in [5.41, 5.74) is 8.72. The number of fused-ring (bicyclic) bond motifs is 1. The highest BCUT2D eigenvalue weighted by Crippen LogP contribution is 2.39. The molecule has 2 radical (unpaired) electrons. The van der Waals surface area contributed by atoms with E-state index < -0.39 is 5.44 Å². The molecular weight excluding hydrogens is 532 g/mol. The third-order valence-corrected chi connectivity index (χ3v) is 7.34. The fourth-order valence-electron chi connectivity index (χ4n) is 4.55. The molecule has 200 valence electrons. The quantitative estimate of drug-likeness (QED) is 0.276. The van der Waals surface area contributed by atoms with Gasteiger partial charge in [0.25, 0.3) is 0 Å². The summed E-state index contributed by atoms with van der Waals surface area (Å²) in [6, 6.07) is 13.3. The van der Waals surface area contributed by atoms with Crippen molar-refractivity contribution < 1.29 is 4.74 Å². The Morgan fingerprint density at radius 3 is 2.67 bits per heavy atom. The van der Waals surface area contributed by atoms with Crippen LogP contribution >= 0.6 is 23.2 Å². The molecule has 39 heavy (non-hydrogen) atoms. The second-order valence-electron chi connectivity index (χ2n) is 11.1. The van der Waals surface area contributed by atoms with Crippen LogP contribution in [0.2, 0.25) is 10.0 Å². The Morgan fingerprint density at radius 2 is 2.00 bits per heavy atom. The van der Waals surface area contributed by atoms with Crippen LogP contribution in [0.25, 0.3) is 10.9 Å². The third-order valence-electron chi connectivity index (χ3n) is 6.72. The van der Waals surface area contributed by atoms with E-state index in [1.807, 2.05) is 35.5 Å². The topological polar surface area (TPSA) is 97.3 Å². The van der Waals surface area contributed by atoms with Gasteiger partial charge >= 0.3 is 0 Å². The lowest BCUT2D eigenvalue weighted by Gasteiger charge is -2.35. The number of nitrogens with one attached hydrogen (secondary N) is 4. The van der Waals surface area contributed by atoms with Gasteiger partial charge in [-0.2, -0.15) is 5.26 Å². The van der Waals surface area contributed by atoms with Crippen molar-refractivity contribution in [2.45, 2.75) is 38.7 Å². The van der Waals surface area contributed by atoms with E-state index in [1.54, 1.807) is 18.3 Å². The van der Waals surface area contributed by atoms with Crippen molar-refractivity contribution in [1.82, 2.24) is 21.0 Å². The number of anilines is 2. The molecule has 1 fully saturated rings. The fraction of sp³-hybridized carbons (Fsp3) is 0.357. The molecule has 8 nitrogen and oxygen atoms in total. The molecule has 2 unspecified atom stereocenters. The van der Waals surface area contributed by atoms with Gasteiger partial charge in [0.2, 0.25) is 0 Å². The lowest BCUT2D eigenvalue weighted by molar-refractivity contribution is -0.0662. The minimum atomic E-state index is -1.27. The van der Waals surface area contributed by atoms with E-state index in [1.165, 1.54) is 0 Å². The Balaban J connectivity index is 1.57. The zero-order valence-electron chi connectivity index (χ0n) is 22.1. The van der Waals surface area contributed by atoms with Crippen LogP contribution in [0, 0.1) is 16.7 Å². The predicted octanol–water partition coefficient (Wildman–Crippen LogP) is 5.26. The number of hydrazine groups is 2. The highest BCUT2D eigenvalue weighted by molar-refractivity contribution is 6.36. The second kappa shape index (κ2) is 10.8. The normalized spacial score (nSPS) is 18.5. The first-order chi connectivity index (χ1) is 18.6. The number of nitriles is 1. The number of ether oxygens (including phenoxy) is 1. The Kier molecular flexibility index (Phi) is 7.58. The maximum absolute atomic E-state index is 9.81. The molecule has 2 aromatic carbocycles. The van der Waals surface area contributed by atoms with Crippen molar-refractivity contribution in [2.24, 2.45) is 5.41 Å². The van der Waals surface area contributed by atoms with Crippen LogP contribution in [0.5, 0.6) is 0 Å². The summed E-state index contributed by atoms with van der Waals surface area (Å²) in [5.74, 6) is 0. The maximum atomic E-state index is 9.81. The average molecular weight is 562 g/mol. The molecule has 2 aliphatic heterocycles. The van der Waals surface area contributed by atoms with Gasteiger partial charge in [0.1, 0.15) is 13.9 Å². The van der Waals surface area contributed by atoms with Gasteiger partial charge < -0.3 is 20.8 Å². The molecule has 1 aromatic heterocycles. The van der Waals surface area contributed by atoms with Crippen LogP contribution in [0.3, 0.4) is 0 Å². The lowest BCUT2D eigenvalue weighted by Crippen LogP contribution is -2.47. The molecule has 2 atom stereocenters. The minimum Gasteiger partial charge on any atom is -0.383 e. The summed E-state index contributed by atoms with van der Waals surface area (Å²) in [6.07, 6.45) is 4.63. The van der Waals surface area contributed by atoms with Gasteiger partial charge in [0.05, 0.1) is 45.6 Å². The molecule has 3 aromatic rings. The van der Waals surface area contributed by atoms with Crippen molar-refractivity contribution in [3.8, 4) is 6.07 Å². The number of aromatic nitrogens is 1. The van der Waals surface area contributed by atoms with Crippen LogP contribution in [0.4, 0.5) is 11.4 Å². The van der Waals surface area contributed by atoms with Gasteiger partial charge in [-0.15, -0.1) is 5.53 Å². The van der Waals surface area contributed by atoms with Gasteiger partial charge in [0.15, 0.2) is 0 Å². The Labute approximate surface area is 240 Å². The summed E-state index contributed by atoms with van der Waals surface area (Å²) >= 11 is 13.4. The van der Waals surface area contributed by atoms with E-state index in [9.17, 15) is 5.26 Å². The molecule has 0 saturated carbocycles. The van der Waals surface area contributed by atoms with Crippen LogP contribution in [-0.2, 0) is 10.2 Å². The molecule has 1 saturated heterocycles. The van der Waals surface area contributed by atoms with Gasteiger partial charge in [0, 0.05) is 41.6 Å². The van der Waals surface area contributed by atoms with Crippen LogP contribution in [-0.4, -0.2) is 43.6 Å². The predicted molar refractivity (Wildman–Crippen MR) is 157 cm³/mol. The van der Waals surface area contributed by atoms with Gasteiger partial charge in [-0.3, -0.25) is 9.99 Å². The Bertz CT molecular complexity index is 1460. The zero-order chi connectivity index (χ0) is 27.8. The van der Waals surface area contributed by atoms with E-state index >= 15 is 0 Å². The van der Waals surface area contributed by atoms with Crippen molar-refractivity contribution >= 4 is 53.3 Å². The molecule has 3 heterocycles. The molecule has 2 aliphatic rings. The van der Waals surface area contributed by atoms with Crippen molar-refractivity contribution in [3.63, 3.8) is 0 Å². The standard InChI is InChI=1S/C28H30BCl2N7O/c1-27(2,3)16-34-25-17(12-32)13-33-26-20(25)10-18(11-23(26)31)35-28(29,21-6-4-5-7-22(21)30)24-15-38(37-36-24)14-19-8-9-39-19/h4-7,10-11,13,15,19,35-37H,8-9,14,16H2,1-3H3,(H,33,34). The van der Waals surface area contributed by atoms with E-state index in [0.29, 0.717) is 62.2 Å². The van der Waals surface area contributed by atoms with Gasteiger partial charge in [-0.05, 0) is 35.6 Å². The van der Waals surface area contributed by atoms with Crippen molar-refractivity contribution in [2.75, 3.05) is 30.3 Å². The van der Waals surface area contributed by atoms with E-state index in [-0.39, 0.29) is 11.5 Å². The number of pyridine rings is 1. The van der Waals surface area contributed by atoms with Crippen molar-refractivity contribution in [1.29, 1.82) is 5.26 Å². The second-order valence-corrected chi connectivity index (χ2v) is 11.9. The molecule has 0 bridgehead atoms. The molecular formula is C28H30BCl2N7O. The van der Waals surface area contributed by atoms with Crippen molar-refractivity contribution in [3.05, 3.63) is 75.7 Å². The zero-order valence-corrected chi connectivity index (χ0v) is 23.6. The molecule has 0 amide bonds. The molecule has 4 N–H and O–H groups in total. The summed E-state index contributed by atoms with van der Waals surface area (Å²) in [6.45, 7) is 8.47. The van der Waals surface area contributed by atoms with Gasteiger partial charge in [-0.25, -0.2) is 0 Å². The third kappa shape index (κ3) is 5.75. The summed E-state index contributed by atoms with van der Waals surface area (Å²) in [5, 5.41) is 20.3. The monoisotopic (exact) mass is 561 g/mol. The molecule has 11 heteroatoms. The van der Waals surface area contributed by atoms with Crippen LogP contribution < -0.4 is 21.6 Å².